The van der Waals surface area contributed by atoms with E-state index < -0.39 is 0 Å². The summed E-state index contributed by atoms with van der Waals surface area (Å²) in [4.78, 5) is 0. The lowest BCUT2D eigenvalue weighted by Gasteiger charge is -2.15. The number of rotatable bonds is 16. The quantitative estimate of drug-likeness (QED) is 0.0426. The molecule has 0 radical (unpaired) electrons. The van der Waals surface area contributed by atoms with E-state index in [9.17, 15) is 0 Å². The molecule has 9 nitrogen and oxygen atoms in total. The van der Waals surface area contributed by atoms with Crippen LogP contribution in [0.15, 0.2) is 358 Å². The highest BCUT2D eigenvalue weighted by Gasteiger charge is 2.09. The number of hydrogen-bond donors (Lipinski definition) is 9. The van der Waals surface area contributed by atoms with Crippen LogP contribution in [0, 0.1) is 48.5 Å². The van der Waals surface area contributed by atoms with Crippen LogP contribution in [0.25, 0.3) is 33.4 Å². The Morgan fingerprint density at radius 1 is 0.221 bits per heavy atom. The summed E-state index contributed by atoms with van der Waals surface area (Å²) >= 11 is 0. The smallest absolute Gasteiger partial charge is 0.0446 e. The van der Waals surface area contributed by atoms with Gasteiger partial charge in [-0.25, -0.2) is 0 Å². The maximum Gasteiger partial charge on any atom is 0.0446 e. The third kappa shape index (κ3) is 26.9. The molecule has 0 bridgehead atoms. The average molecular weight is 1490 g/mol. The second kappa shape index (κ2) is 43.6. The summed E-state index contributed by atoms with van der Waals surface area (Å²) < 4.78 is 0. The van der Waals surface area contributed by atoms with Gasteiger partial charge in [0.2, 0.25) is 0 Å². The van der Waals surface area contributed by atoms with Crippen LogP contribution in [0.3, 0.4) is 0 Å². The summed E-state index contributed by atoms with van der Waals surface area (Å²) in [5.74, 6) is 0. The van der Waals surface area contributed by atoms with Gasteiger partial charge in [0.25, 0.3) is 0 Å². The first-order valence-corrected chi connectivity index (χ1v) is 38.9. The largest absolute Gasteiger partial charge is 0.399 e. The maximum atomic E-state index is 5.85. The molecule has 0 saturated heterocycles. The first kappa shape index (κ1) is 83.5. The zero-order valence-electron chi connectivity index (χ0n) is 67.3. The summed E-state index contributed by atoms with van der Waals surface area (Å²) in [7, 11) is 0. The molecular formula is C104H111N9. The molecule has 0 fully saturated rings. The fourth-order valence-corrected chi connectivity index (χ4v) is 12.3. The molecule has 0 atom stereocenters. The lowest BCUT2D eigenvalue weighted by atomic mass is 10.0. The first-order valence-electron chi connectivity index (χ1n) is 38.9. The molecule has 0 saturated carbocycles. The van der Waals surface area contributed by atoms with Gasteiger partial charge in [0, 0.05) is 79.5 Å². The Labute approximate surface area is 672 Å². The predicted molar refractivity (Wildman–Crippen MR) is 493 cm³/mol. The molecule has 0 heterocycles. The van der Waals surface area contributed by atoms with E-state index in [4.69, 9.17) is 28.7 Å². The first-order chi connectivity index (χ1) is 54.8. The summed E-state index contributed by atoms with van der Waals surface area (Å²) in [5.41, 5.74) is 63.9. The van der Waals surface area contributed by atoms with E-state index in [1.165, 1.54) is 100 Å². The van der Waals surface area contributed by atoms with Crippen molar-refractivity contribution in [2.24, 2.45) is 0 Å². The van der Waals surface area contributed by atoms with Crippen molar-refractivity contribution in [3.05, 3.63) is 425 Å². The van der Waals surface area contributed by atoms with Gasteiger partial charge in [-0.2, -0.15) is 0 Å². The SMILES string of the molecule is CCc1cccc(C)c1N.CCc1cccc(C)c1Nc1ccc(-c2ccc(Nc3c(C)cccc3CC)cc2)cc1.Cc1ccc(N)cc1.Cc1ccc(Nc2ccc(-c3ccc(Nc4ccc(C)cc4)cc3)cc2)cc1.Cc1ccccc1N.Nc1ccc(Cc2ccccc2)cc1.Nc1ccccc1-c1ccccc1. The van der Waals surface area contributed by atoms with Crippen molar-refractivity contribution >= 4 is 73.9 Å². The lowest BCUT2D eigenvalue weighted by molar-refractivity contribution is 1.13. The van der Waals surface area contributed by atoms with Crippen LogP contribution in [0.4, 0.5) is 73.9 Å². The zero-order chi connectivity index (χ0) is 80.3. The Morgan fingerprint density at radius 2 is 0.522 bits per heavy atom. The van der Waals surface area contributed by atoms with E-state index in [2.05, 4.69) is 306 Å². The summed E-state index contributed by atoms with van der Waals surface area (Å²) in [6, 6.07) is 123. The Hall–Kier alpha value is -13.5. The number of anilines is 13. The number of nitrogens with two attached hydrogens (primary N) is 5. The molecule has 113 heavy (non-hydrogen) atoms. The van der Waals surface area contributed by atoms with Gasteiger partial charge in [-0.1, -0.05) is 286 Å². The molecule has 0 aliphatic rings. The van der Waals surface area contributed by atoms with Gasteiger partial charge in [0.1, 0.15) is 0 Å². The van der Waals surface area contributed by atoms with Crippen LogP contribution in [-0.4, -0.2) is 0 Å². The van der Waals surface area contributed by atoms with E-state index in [0.717, 1.165) is 99.4 Å². The van der Waals surface area contributed by atoms with Gasteiger partial charge in [0.15, 0.2) is 0 Å². The Bertz CT molecular complexity index is 5070. The zero-order valence-corrected chi connectivity index (χ0v) is 67.3. The van der Waals surface area contributed by atoms with Crippen molar-refractivity contribution in [3.8, 4) is 33.4 Å². The van der Waals surface area contributed by atoms with Crippen molar-refractivity contribution in [1.29, 1.82) is 0 Å². The number of aryl methyl sites for hydroxylation is 10. The summed E-state index contributed by atoms with van der Waals surface area (Å²) in [6.45, 7) is 21.1. The monoisotopic (exact) mass is 1490 g/mol. The van der Waals surface area contributed by atoms with Crippen molar-refractivity contribution in [2.45, 2.75) is 94.9 Å². The Kier molecular flexibility index (Phi) is 32.3. The summed E-state index contributed by atoms with van der Waals surface area (Å²) in [5, 5.41) is 14.1. The van der Waals surface area contributed by atoms with Gasteiger partial charge in [0.05, 0.1) is 0 Å². The highest BCUT2D eigenvalue weighted by molar-refractivity contribution is 5.77. The van der Waals surface area contributed by atoms with E-state index in [-0.39, 0.29) is 0 Å². The lowest BCUT2D eigenvalue weighted by Crippen LogP contribution is -1.98. The van der Waals surface area contributed by atoms with Gasteiger partial charge < -0.3 is 49.9 Å². The van der Waals surface area contributed by atoms with Crippen molar-refractivity contribution in [2.75, 3.05) is 49.9 Å². The molecular weight excluding hydrogens is 1380 g/mol. The fraction of sp³-hybridized carbons (Fsp3) is 0.135. The topological polar surface area (TPSA) is 178 Å². The van der Waals surface area contributed by atoms with E-state index in [1.807, 2.05) is 142 Å². The Balaban J connectivity index is 0.000000162. The third-order valence-electron chi connectivity index (χ3n) is 19.2. The molecule has 0 aliphatic heterocycles. The molecule has 15 rings (SSSR count). The second-order valence-electron chi connectivity index (χ2n) is 28.1. The predicted octanol–water partition coefficient (Wildman–Crippen LogP) is 27.1. The molecule has 0 unspecified atom stereocenters. The number of hydrogen-bond acceptors (Lipinski definition) is 9. The minimum absolute atomic E-state index is 0.821. The van der Waals surface area contributed by atoms with Crippen LogP contribution in [-0.2, 0) is 25.7 Å². The molecule has 15 aromatic rings. The second-order valence-corrected chi connectivity index (χ2v) is 28.1. The van der Waals surface area contributed by atoms with Crippen LogP contribution in [0.1, 0.15) is 87.5 Å². The van der Waals surface area contributed by atoms with Gasteiger partial charge in [-0.05, 0) is 261 Å². The van der Waals surface area contributed by atoms with Crippen LogP contribution in [0.5, 0.6) is 0 Å². The fourth-order valence-electron chi connectivity index (χ4n) is 12.3. The van der Waals surface area contributed by atoms with E-state index in [1.54, 1.807) is 0 Å². The molecule has 14 N–H and O–H groups in total. The standard InChI is InChI=1S/C30H32N2.C26H24N2.C13H13N.C12H11N.C9H13N.2C7H9N/c1-5-23-11-7-9-21(3)29(23)31-27-17-13-25(14-18-27)26-15-19-28(20-16-26)32-30-22(4)10-8-12-24(30)6-2;1-19-3-11-23(12-4-19)27-25-15-7-21(8-16-25)22-9-17-26(18-10-22)28-24-13-5-20(2)6-14-24;14-13-8-6-12(7-9-13)10-11-4-2-1-3-5-11;13-12-9-5-4-8-11(12)10-6-2-1-3-7-10;1-3-8-6-4-5-7(2)9(8)10;1-6-2-4-7(8)5-3-6;1-6-4-2-3-5-7(6)8/h7-20,31-32H,5-6H2,1-4H3;3-18,27-28H,1-2H3;1-9H,10,14H2;1-9H,13H2;4-6H,3,10H2,1-2H3;2*2-5H,8H2,1H3. The highest BCUT2D eigenvalue weighted by Crippen LogP contribution is 2.32. The minimum atomic E-state index is 0.821. The van der Waals surface area contributed by atoms with Gasteiger partial charge >= 0.3 is 0 Å². The normalized spacial score (nSPS) is 10.2. The molecule has 15 aromatic carbocycles. The minimum Gasteiger partial charge on any atom is -0.399 e. The molecule has 0 spiro atoms. The molecule has 0 amide bonds. The average Bonchev–Trinajstić information content (AvgIpc) is 0.832. The number of para-hydroxylation sites is 5. The Morgan fingerprint density at radius 3 is 0.876 bits per heavy atom. The van der Waals surface area contributed by atoms with Crippen molar-refractivity contribution in [3.63, 3.8) is 0 Å². The third-order valence-corrected chi connectivity index (χ3v) is 19.2. The van der Waals surface area contributed by atoms with Crippen LogP contribution in [0.2, 0.25) is 0 Å². The maximum absolute atomic E-state index is 5.85. The molecule has 0 aromatic heterocycles. The van der Waals surface area contributed by atoms with Crippen molar-refractivity contribution < 1.29 is 0 Å². The molecule has 9 heteroatoms. The highest BCUT2D eigenvalue weighted by atomic mass is 14.9. The summed E-state index contributed by atoms with van der Waals surface area (Å²) in [6.07, 6.45) is 4.03. The number of nitrogen functional groups attached to an aromatic ring is 5. The van der Waals surface area contributed by atoms with Crippen molar-refractivity contribution in [1.82, 2.24) is 0 Å². The van der Waals surface area contributed by atoms with E-state index >= 15 is 0 Å². The number of nitrogens with one attached hydrogen (secondary N) is 4. The number of benzene rings is 15. The molecule has 0 aliphatic carbocycles. The van der Waals surface area contributed by atoms with E-state index in [0.29, 0.717) is 0 Å². The van der Waals surface area contributed by atoms with Gasteiger partial charge in [-0.3, -0.25) is 0 Å². The van der Waals surface area contributed by atoms with Crippen LogP contribution >= 0.6 is 0 Å². The van der Waals surface area contributed by atoms with Gasteiger partial charge in [-0.15, -0.1) is 0 Å². The van der Waals surface area contributed by atoms with Crippen LogP contribution < -0.4 is 49.9 Å². The molecule has 572 valence electrons.